The second-order valence-corrected chi connectivity index (χ2v) is 6.46. The topological polar surface area (TPSA) is 12.5 Å². The summed E-state index contributed by atoms with van der Waals surface area (Å²) in [5.41, 5.74) is 0. The molecule has 0 aliphatic heterocycles. The first-order chi connectivity index (χ1) is 10.2. The van der Waals surface area contributed by atoms with Crippen molar-refractivity contribution in [3.05, 3.63) is 0 Å². The Balaban J connectivity index is 4.48. The molecule has 0 spiro atoms. The van der Waals surface area contributed by atoms with E-state index in [4.69, 9.17) is 4.74 Å². The highest BCUT2D eigenvalue weighted by Gasteiger charge is 2.19. The second kappa shape index (κ2) is 14.8. The number of rotatable bonds is 15. The molecule has 0 aliphatic rings. The summed E-state index contributed by atoms with van der Waals surface area (Å²) in [4.78, 5) is 2.73. The van der Waals surface area contributed by atoms with Crippen LogP contribution in [0.15, 0.2) is 0 Å². The molecule has 0 rings (SSSR count). The van der Waals surface area contributed by atoms with E-state index < -0.39 is 0 Å². The minimum absolute atomic E-state index is 0.752. The zero-order chi connectivity index (χ0) is 15.9. The van der Waals surface area contributed by atoms with E-state index >= 15 is 0 Å². The Morgan fingerprint density at radius 1 is 0.857 bits per heavy atom. The van der Waals surface area contributed by atoms with Crippen molar-refractivity contribution in [3.8, 4) is 0 Å². The van der Waals surface area contributed by atoms with Crippen LogP contribution < -0.4 is 0 Å². The van der Waals surface area contributed by atoms with Crippen LogP contribution in [0.3, 0.4) is 0 Å². The highest BCUT2D eigenvalue weighted by molar-refractivity contribution is 4.74. The van der Waals surface area contributed by atoms with Crippen molar-refractivity contribution in [2.75, 3.05) is 26.8 Å². The fourth-order valence-corrected chi connectivity index (χ4v) is 3.16. The zero-order valence-electron chi connectivity index (χ0n) is 15.5. The number of hydrogen-bond donors (Lipinski definition) is 0. The molecule has 2 atom stereocenters. The third-order valence-corrected chi connectivity index (χ3v) is 4.75. The maximum absolute atomic E-state index is 5.35. The number of hydrogen-bond acceptors (Lipinski definition) is 2. The third kappa shape index (κ3) is 10.3. The summed E-state index contributed by atoms with van der Waals surface area (Å²) in [7, 11) is 1.82. The molecule has 0 bridgehead atoms. The summed E-state index contributed by atoms with van der Waals surface area (Å²) in [5, 5.41) is 0. The summed E-state index contributed by atoms with van der Waals surface area (Å²) in [5.74, 6) is 0.863. The fourth-order valence-electron chi connectivity index (χ4n) is 3.16. The third-order valence-electron chi connectivity index (χ3n) is 4.75. The van der Waals surface area contributed by atoms with Gasteiger partial charge in [0.1, 0.15) is 0 Å². The van der Waals surface area contributed by atoms with Crippen molar-refractivity contribution in [3.63, 3.8) is 0 Å². The van der Waals surface area contributed by atoms with E-state index in [0.29, 0.717) is 0 Å². The van der Waals surface area contributed by atoms with Crippen LogP contribution >= 0.6 is 0 Å². The molecule has 0 radical (unpaired) electrons. The van der Waals surface area contributed by atoms with E-state index in [2.05, 4.69) is 32.6 Å². The van der Waals surface area contributed by atoms with Crippen LogP contribution in [-0.4, -0.2) is 37.7 Å². The van der Waals surface area contributed by atoms with Crippen LogP contribution in [-0.2, 0) is 4.74 Å². The average molecular weight is 300 g/mol. The van der Waals surface area contributed by atoms with Crippen molar-refractivity contribution < 1.29 is 4.74 Å². The predicted octanol–water partition coefficient (Wildman–Crippen LogP) is 5.51. The Kier molecular flexibility index (Phi) is 14.8. The Morgan fingerprint density at radius 3 is 2.10 bits per heavy atom. The van der Waals surface area contributed by atoms with E-state index in [0.717, 1.165) is 25.1 Å². The Morgan fingerprint density at radius 2 is 1.57 bits per heavy atom. The lowest BCUT2D eigenvalue weighted by Crippen LogP contribution is -2.40. The molecule has 2 heteroatoms. The number of ether oxygens (including phenoxy) is 1. The molecule has 0 aromatic heterocycles. The van der Waals surface area contributed by atoms with Crippen molar-refractivity contribution >= 4 is 0 Å². The molecule has 0 aliphatic carbocycles. The molecule has 0 N–H and O–H groups in total. The standard InChI is InChI=1S/C19H41NO/c1-6-10-12-14-19(9-4)20(15-16-21-5)17-18(8-3)13-11-7-2/h18-19H,6-17H2,1-5H3. The summed E-state index contributed by atoms with van der Waals surface area (Å²) in [6.07, 6.45) is 12.1. The minimum Gasteiger partial charge on any atom is -0.383 e. The van der Waals surface area contributed by atoms with Gasteiger partial charge in [-0.25, -0.2) is 0 Å². The van der Waals surface area contributed by atoms with Gasteiger partial charge in [-0.15, -0.1) is 0 Å². The highest BCUT2D eigenvalue weighted by atomic mass is 16.5. The van der Waals surface area contributed by atoms with E-state index in [-0.39, 0.29) is 0 Å². The normalized spacial score (nSPS) is 14.6. The molecular weight excluding hydrogens is 258 g/mol. The highest BCUT2D eigenvalue weighted by Crippen LogP contribution is 2.19. The van der Waals surface area contributed by atoms with Gasteiger partial charge in [0.25, 0.3) is 0 Å². The van der Waals surface area contributed by atoms with Gasteiger partial charge in [-0.3, -0.25) is 4.90 Å². The maximum Gasteiger partial charge on any atom is 0.0589 e. The summed E-state index contributed by atoms with van der Waals surface area (Å²) in [6.45, 7) is 12.5. The van der Waals surface area contributed by atoms with Gasteiger partial charge in [-0.1, -0.05) is 66.2 Å². The zero-order valence-corrected chi connectivity index (χ0v) is 15.5. The smallest absolute Gasteiger partial charge is 0.0589 e. The van der Waals surface area contributed by atoms with Crippen LogP contribution in [0.2, 0.25) is 0 Å². The molecule has 0 saturated carbocycles. The lowest BCUT2D eigenvalue weighted by molar-refractivity contribution is 0.0955. The van der Waals surface area contributed by atoms with Gasteiger partial charge in [0.2, 0.25) is 0 Å². The van der Waals surface area contributed by atoms with Gasteiger partial charge in [0.05, 0.1) is 6.61 Å². The molecule has 0 aromatic carbocycles. The summed E-state index contributed by atoms with van der Waals surface area (Å²) < 4.78 is 5.35. The Labute approximate surface area is 134 Å². The number of unbranched alkanes of at least 4 members (excludes halogenated alkanes) is 3. The first-order valence-corrected chi connectivity index (χ1v) is 9.46. The maximum atomic E-state index is 5.35. The largest absolute Gasteiger partial charge is 0.383 e. The Bertz CT molecular complexity index is 208. The molecule has 0 fully saturated rings. The second-order valence-electron chi connectivity index (χ2n) is 6.46. The number of nitrogens with zero attached hydrogens (tertiary/aromatic N) is 1. The van der Waals surface area contributed by atoms with Gasteiger partial charge < -0.3 is 4.74 Å². The first kappa shape index (κ1) is 20.9. The molecule has 0 saturated heterocycles. The van der Waals surface area contributed by atoms with Gasteiger partial charge in [-0.2, -0.15) is 0 Å². The molecule has 2 unspecified atom stereocenters. The quantitative estimate of drug-likeness (QED) is 0.370. The summed E-state index contributed by atoms with van der Waals surface area (Å²) >= 11 is 0. The van der Waals surface area contributed by atoms with E-state index in [1.807, 2.05) is 7.11 Å². The fraction of sp³-hybridized carbons (Fsp3) is 1.00. The molecule has 0 heterocycles. The predicted molar refractivity (Wildman–Crippen MR) is 95.0 cm³/mol. The van der Waals surface area contributed by atoms with Crippen molar-refractivity contribution in [1.29, 1.82) is 0 Å². The van der Waals surface area contributed by atoms with Crippen molar-refractivity contribution in [2.45, 2.75) is 91.5 Å². The van der Waals surface area contributed by atoms with Gasteiger partial charge >= 0.3 is 0 Å². The van der Waals surface area contributed by atoms with Gasteiger partial charge in [0.15, 0.2) is 0 Å². The van der Waals surface area contributed by atoms with Gasteiger partial charge in [0, 0.05) is 26.2 Å². The molecule has 2 nitrogen and oxygen atoms in total. The lowest BCUT2D eigenvalue weighted by Gasteiger charge is -2.34. The van der Waals surface area contributed by atoms with E-state index in [9.17, 15) is 0 Å². The van der Waals surface area contributed by atoms with Crippen molar-refractivity contribution in [2.24, 2.45) is 5.92 Å². The van der Waals surface area contributed by atoms with E-state index in [1.165, 1.54) is 64.3 Å². The average Bonchev–Trinajstić information content (AvgIpc) is 2.51. The molecule has 21 heavy (non-hydrogen) atoms. The summed E-state index contributed by atoms with van der Waals surface area (Å²) in [6, 6.07) is 0.752. The van der Waals surface area contributed by atoms with Crippen LogP contribution in [0.1, 0.15) is 85.5 Å². The molecular formula is C19H41NO. The number of methoxy groups -OCH3 is 1. The van der Waals surface area contributed by atoms with Crippen LogP contribution in [0, 0.1) is 5.92 Å². The van der Waals surface area contributed by atoms with E-state index in [1.54, 1.807) is 0 Å². The first-order valence-electron chi connectivity index (χ1n) is 9.46. The van der Waals surface area contributed by atoms with Crippen LogP contribution in [0.25, 0.3) is 0 Å². The molecule has 0 amide bonds. The lowest BCUT2D eigenvalue weighted by atomic mass is 9.96. The van der Waals surface area contributed by atoms with Crippen LogP contribution in [0.5, 0.6) is 0 Å². The van der Waals surface area contributed by atoms with Crippen LogP contribution in [0.4, 0.5) is 0 Å². The molecule has 128 valence electrons. The van der Waals surface area contributed by atoms with Gasteiger partial charge in [-0.05, 0) is 25.2 Å². The van der Waals surface area contributed by atoms with Crippen molar-refractivity contribution in [1.82, 2.24) is 4.90 Å². The monoisotopic (exact) mass is 299 g/mol. The SMILES string of the molecule is CCCCCC(CC)N(CCOC)CC(CC)CCCC. The molecule has 0 aromatic rings. The minimum atomic E-state index is 0.752. The Hall–Kier alpha value is -0.0800.